The summed E-state index contributed by atoms with van der Waals surface area (Å²) in [6, 6.07) is 23.1. The third-order valence-electron chi connectivity index (χ3n) is 9.01. The topological polar surface area (TPSA) is 172 Å². The number of carboxylic acids is 1. The Kier molecular flexibility index (Phi) is 24.1. The minimum absolute atomic E-state index is 0.0258. The van der Waals surface area contributed by atoms with Gasteiger partial charge in [0.05, 0.1) is 61.0 Å². The van der Waals surface area contributed by atoms with Crippen LogP contribution in [0.15, 0.2) is 72.8 Å². The first-order valence-electron chi connectivity index (χ1n) is 18.4. The summed E-state index contributed by atoms with van der Waals surface area (Å²) in [4.78, 5) is 23.0. The van der Waals surface area contributed by atoms with E-state index in [9.17, 15) is 9.59 Å². The van der Waals surface area contributed by atoms with Gasteiger partial charge in [-0.25, -0.2) is 0 Å². The van der Waals surface area contributed by atoms with Crippen molar-refractivity contribution in [1.29, 1.82) is 0 Å². The molecule has 0 aromatic heterocycles. The number of methoxy groups -OCH3 is 6. The maximum absolute atomic E-state index is 12.0. The summed E-state index contributed by atoms with van der Waals surface area (Å²) in [6.07, 6.45) is 2.43. The first-order valence-corrected chi connectivity index (χ1v) is 22.6. The number of carboxylic acid groups (broad SMARTS) is 1. The second-order valence-corrected chi connectivity index (χ2v) is 15.1. The molecule has 0 bridgehead atoms. The van der Waals surface area contributed by atoms with Crippen molar-refractivity contribution < 1.29 is 43.1 Å². The second kappa shape index (κ2) is 28.1. The molecule has 6 N–H and O–H groups in total. The summed E-state index contributed by atoms with van der Waals surface area (Å²) in [6.45, 7) is 0. The summed E-state index contributed by atoms with van der Waals surface area (Å²) in [5.74, 6) is 3.43. The van der Waals surface area contributed by atoms with Crippen LogP contribution < -0.4 is 50.1 Å². The van der Waals surface area contributed by atoms with E-state index in [0.717, 1.165) is 65.3 Å². The molecule has 0 aliphatic rings. The Labute approximate surface area is 361 Å². The molecular weight excluding hydrogens is 831 g/mol. The van der Waals surface area contributed by atoms with Crippen molar-refractivity contribution in [2.45, 2.75) is 37.8 Å². The van der Waals surface area contributed by atoms with Gasteiger partial charge < -0.3 is 55.2 Å². The van der Waals surface area contributed by atoms with Crippen LogP contribution in [0.3, 0.4) is 0 Å². The van der Waals surface area contributed by atoms with Crippen LogP contribution in [-0.4, -0.2) is 86.3 Å². The molecule has 0 aliphatic heterocycles. The maximum atomic E-state index is 12.0. The van der Waals surface area contributed by atoms with Crippen LogP contribution >= 0.6 is 14.7 Å². The number of carbonyl (C=O) groups is 2. The smallest absolute Gasteiger partial charge is 0.303 e. The van der Waals surface area contributed by atoms with Gasteiger partial charge in [0, 0.05) is 42.4 Å². The van der Waals surface area contributed by atoms with Crippen LogP contribution in [0.2, 0.25) is 0 Å². The highest BCUT2D eigenvalue weighted by Gasteiger charge is 2.22. The zero-order valence-electron chi connectivity index (χ0n) is 34.8. The predicted octanol–water partition coefficient (Wildman–Crippen LogP) is 6.78. The molecule has 0 spiro atoms. The lowest BCUT2D eigenvalue weighted by molar-refractivity contribution is -0.137. The maximum Gasteiger partial charge on any atom is 0.303 e. The number of hydrogen-bond acceptors (Lipinski definition) is 13. The van der Waals surface area contributed by atoms with Crippen molar-refractivity contribution in [2.75, 3.05) is 69.3 Å². The summed E-state index contributed by atoms with van der Waals surface area (Å²) in [5.41, 5.74) is 10.7. The third-order valence-corrected chi connectivity index (χ3v) is 10.3. The fourth-order valence-corrected chi connectivity index (χ4v) is 6.56. The van der Waals surface area contributed by atoms with E-state index < -0.39 is 5.97 Å². The molecule has 0 radical (unpaired) electrons. The van der Waals surface area contributed by atoms with E-state index in [1.807, 2.05) is 80.8 Å². The molecule has 4 aromatic rings. The zero-order chi connectivity index (χ0) is 43.7. The fraction of sp³-hybridized carbons (Fsp3) is 0.381. The molecule has 17 heteroatoms. The number of ether oxygens (including phenoxy) is 6. The highest BCUT2D eigenvalue weighted by molar-refractivity contribution is 7.96. The molecule has 59 heavy (non-hydrogen) atoms. The van der Waals surface area contributed by atoms with Crippen LogP contribution in [0.5, 0.6) is 34.5 Å². The van der Waals surface area contributed by atoms with Crippen molar-refractivity contribution in [1.82, 2.24) is 16.0 Å². The minimum atomic E-state index is -0.843. The van der Waals surface area contributed by atoms with Gasteiger partial charge >= 0.3 is 5.97 Å². The first-order chi connectivity index (χ1) is 28.5. The minimum Gasteiger partial charge on any atom is -0.497 e. The van der Waals surface area contributed by atoms with Gasteiger partial charge in [-0.2, -0.15) is 0 Å². The number of aryl methyl sites for hydroxylation is 2. The monoisotopic (exact) mass is 886 g/mol. The van der Waals surface area contributed by atoms with Gasteiger partial charge in [0.2, 0.25) is 5.91 Å². The SMILES string of the molecule is CNC(c1ccc(OC)cc1)c1cc(CCC(=O)NCP=S)c(OC)cc1OC.CNC(c1ccc(OC)cc1)c1cc(CCC(=O)O)c(OC)cc1OC.NCP=S. The summed E-state index contributed by atoms with van der Waals surface area (Å²) < 4.78 is 32.6. The molecule has 0 saturated heterocycles. The van der Waals surface area contributed by atoms with Gasteiger partial charge in [0.1, 0.15) is 34.5 Å². The number of hydrogen-bond donors (Lipinski definition) is 5. The molecule has 0 heterocycles. The molecule has 4 rings (SSSR count). The number of nitrogens with one attached hydrogen (secondary N) is 3. The van der Waals surface area contributed by atoms with Crippen LogP contribution in [0.4, 0.5) is 0 Å². The number of rotatable bonds is 21. The Bertz CT molecular complexity index is 1920. The summed E-state index contributed by atoms with van der Waals surface area (Å²) in [5, 5.41) is 18.5. The quantitative estimate of drug-likeness (QED) is 0.0555. The molecular formula is C42H56N4O9P2S2. The van der Waals surface area contributed by atoms with Gasteiger partial charge in [-0.3, -0.25) is 9.59 Å². The van der Waals surface area contributed by atoms with Crippen molar-refractivity contribution >= 4 is 50.2 Å². The molecule has 0 fully saturated rings. The van der Waals surface area contributed by atoms with Crippen LogP contribution in [0, 0.1) is 0 Å². The van der Waals surface area contributed by atoms with Gasteiger partial charge in [-0.1, -0.05) is 47.9 Å². The summed E-state index contributed by atoms with van der Waals surface area (Å²) in [7, 11) is 15.1. The van der Waals surface area contributed by atoms with Crippen LogP contribution in [0.1, 0.15) is 58.3 Å². The molecule has 13 nitrogen and oxygen atoms in total. The Balaban J connectivity index is 0.000000375. The average Bonchev–Trinajstić information content (AvgIpc) is 3.27. The lowest BCUT2D eigenvalue weighted by Crippen LogP contribution is -2.22. The lowest BCUT2D eigenvalue weighted by Gasteiger charge is -2.22. The number of benzene rings is 4. The van der Waals surface area contributed by atoms with E-state index in [-0.39, 0.29) is 24.4 Å². The van der Waals surface area contributed by atoms with Gasteiger partial charge in [0.15, 0.2) is 0 Å². The molecule has 2 unspecified atom stereocenters. The van der Waals surface area contributed by atoms with Gasteiger partial charge in [-0.15, -0.1) is 0 Å². The van der Waals surface area contributed by atoms with E-state index in [1.165, 1.54) is 0 Å². The third kappa shape index (κ3) is 15.9. The molecule has 1 amide bonds. The standard InChI is InChI=1S/C21H27N2O4PS.C20H25NO5.CH4NPS/c1-22-21(14-5-8-16(25-2)9-6-14)17-11-15(7-10-20(24)23-13-28-29)18(26-3)12-19(17)27-4;1-21-20(13-5-8-15(24-2)9-6-13)16-11-14(7-10-19(22)23)17(25-3)12-18(16)26-4;2-1-3-4/h5-6,8-9,11-12,21-22H,7,10,13H2,1-4H3,(H,23,24);5-6,8-9,11-12,20-21H,7,10H2,1-4H3,(H,22,23);1-2H2. The van der Waals surface area contributed by atoms with Crippen LogP contribution in [-0.2, 0) is 46.0 Å². The Morgan fingerprint density at radius 1 is 0.627 bits per heavy atom. The van der Waals surface area contributed by atoms with E-state index >= 15 is 0 Å². The Hall–Kier alpha value is -4.46. The summed E-state index contributed by atoms with van der Waals surface area (Å²) >= 11 is 9.25. The molecule has 0 saturated carbocycles. The number of carbonyl (C=O) groups excluding carboxylic acids is 1. The second-order valence-electron chi connectivity index (χ2n) is 12.4. The van der Waals surface area contributed by atoms with E-state index in [2.05, 4.69) is 27.8 Å². The van der Waals surface area contributed by atoms with Crippen molar-refractivity contribution in [3.63, 3.8) is 0 Å². The predicted molar refractivity (Wildman–Crippen MR) is 242 cm³/mol. The number of aliphatic carboxylic acids is 1. The molecule has 320 valence electrons. The zero-order valence-corrected chi connectivity index (χ0v) is 38.2. The first kappa shape index (κ1) is 50.7. The van der Waals surface area contributed by atoms with E-state index in [4.69, 9.17) is 51.1 Å². The van der Waals surface area contributed by atoms with Crippen molar-refractivity contribution in [2.24, 2.45) is 5.73 Å². The van der Waals surface area contributed by atoms with Crippen molar-refractivity contribution in [3.8, 4) is 34.5 Å². The highest BCUT2D eigenvalue weighted by Crippen LogP contribution is 2.38. The molecule has 4 aromatic carbocycles. The van der Waals surface area contributed by atoms with E-state index in [1.54, 1.807) is 48.7 Å². The van der Waals surface area contributed by atoms with Crippen LogP contribution in [0.25, 0.3) is 0 Å². The largest absolute Gasteiger partial charge is 0.497 e. The number of nitrogens with two attached hydrogens (primary N) is 1. The molecule has 2 atom stereocenters. The normalized spacial score (nSPS) is 11.5. The van der Waals surface area contributed by atoms with Gasteiger partial charge in [-0.05, 0) is 100 Å². The molecule has 0 aliphatic carbocycles. The number of amides is 1. The van der Waals surface area contributed by atoms with Gasteiger partial charge in [0.25, 0.3) is 0 Å². The fourth-order valence-electron chi connectivity index (χ4n) is 6.12. The highest BCUT2D eigenvalue weighted by atomic mass is 32.4. The van der Waals surface area contributed by atoms with E-state index in [0.29, 0.717) is 49.1 Å². The Morgan fingerprint density at radius 2 is 1.02 bits per heavy atom. The Morgan fingerprint density at radius 3 is 1.32 bits per heavy atom. The average molecular weight is 887 g/mol. The van der Waals surface area contributed by atoms with Crippen molar-refractivity contribution in [3.05, 3.63) is 106 Å². The lowest BCUT2D eigenvalue weighted by atomic mass is 9.94.